The molecule has 1 amide bonds. The summed E-state index contributed by atoms with van der Waals surface area (Å²) in [4.78, 5) is 14.4. The van der Waals surface area contributed by atoms with E-state index in [0.29, 0.717) is 18.9 Å². The molecule has 5 nitrogen and oxygen atoms in total. The van der Waals surface area contributed by atoms with Crippen LogP contribution in [0.15, 0.2) is 30.3 Å². The van der Waals surface area contributed by atoms with Crippen LogP contribution in [-0.2, 0) is 17.8 Å². The van der Waals surface area contributed by atoms with E-state index in [0.717, 1.165) is 35.7 Å². The second-order valence-corrected chi connectivity index (χ2v) is 7.01. The number of carbonyl (C=O) groups excluding carboxylic acids is 1. The molecule has 1 N–H and O–H groups in total. The van der Waals surface area contributed by atoms with Gasteiger partial charge in [0.15, 0.2) is 0 Å². The first-order valence-electron chi connectivity index (χ1n) is 8.94. The Labute approximate surface area is 151 Å². The number of aryl methyl sites for hydroxylation is 1. The van der Waals surface area contributed by atoms with Crippen molar-refractivity contribution in [1.29, 1.82) is 0 Å². The molecule has 0 unspecified atom stereocenters. The average molecular weight is 342 g/mol. The van der Waals surface area contributed by atoms with Crippen molar-refractivity contribution in [2.24, 2.45) is 5.92 Å². The van der Waals surface area contributed by atoms with Gasteiger partial charge < -0.3 is 10.2 Å². The third kappa shape index (κ3) is 5.34. The minimum absolute atomic E-state index is 0.0526. The van der Waals surface area contributed by atoms with E-state index in [1.807, 2.05) is 43.8 Å². The topological polar surface area (TPSA) is 50.2 Å². The molecular weight excluding hydrogens is 312 g/mol. The van der Waals surface area contributed by atoms with Crippen molar-refractivity contribution in [3.63, 3.8) is 0 Å². The van der Waals surface area contributed by atoms with Crippen molar-refractivity contribution in [3.05, 3.63) is 47.3 Å². The molecular formula is C20H30N4O. The van der Waals surface area contributed by atoms with Crippen LogP contribution in [0.1, 0.15) is 30.8 Å². The molecule has 1 aromatic heterocycles. The molecule has 0 aliphatic heterocycles. The third-order valence-corrected chi connectivity index (χ3v) is 4.37. The van der Waals surface area contributed by atoms with Crippen LogP contribution in [0.4, 0.5) is 5.69 Å². The second kappa shape index (κ2) is 8.70. The maximum atomic E-state index is 12.3. The Balaban J connectivity index is 1.85. The van der Waals surface area contributed by atoms with Gasteiger partial charge in [0.05, 0.1) is 12.1 Å². The number of rotatable bonds is 8. The van der Waals surface area contributed by atoms with E-state index in [1.54, 1.807) is 0 Å². The maximum absolute atomic E-state index is 12.3. The number of nitrogens with zero attached hydrogens (tertiary/aromatic N) is 3. The summed E-state index contributed by atoms with van der Waals surface area (Å²) in [6, 6.07) is 10.2. The summed E-state index contributed by atoms with van der Waals surface area (Å²) in [5.41, 5.74) is 4.26. The van der Waals surface area contributed by atoms with E-state index >= 15 is 0 Å². The van der Waals surface area contributed by atoms with Gasteiger partial charge in [0.25, 0.3) is 0 Å². The predicted molar refractivity (Wildman–Crippen MR) is 103 cm³/mol. The monoisotopic (exact) mass is 342 g/mol. The van der Waals surface area contributed by atoms with Gasteiger partial charge >= 0.3 is 0 Å². The molecule has 0 radical (unpaired) electrons. The first-order chi connectivity index (χ1) is 11.9. The summed E-state index contributed by atoms with van der Waals surface area (Å²) in [5.74, 6) is 0.588. The van der Waals surface area contributed by atoms with E-state index in [2.05, 4.69) is 41.3 Å². The maximum Gasteiger partial charge on any atom is 0.224 e. The van der Waals surface area contributed by atoms with E-state index in [1.165, 1.54) is 0 Å². The number of carbonyl (C=O) groups is 1. The molecule has 0 aliphatic rings. The Bertz CT molecular complexity index is 691. The van der Waals surface area contributed by atoms with Crippen LogP contribution in [0.25, 0.3) is 0 Å². The number of amides is 1. The van der Waals surface area contributed by atoms with Crippen LogP contribution in [0.5, 0.6) is 0 Å². The molecule has 1 heterocycles. The molecule has 0 saturated heterocycles. The molecule has 2 rings (SSSR count). The number of hydrogen-bond donors (Lipinski definition) is 1. The van der Waals surface area contributed by atoms with Gasteiger partial charge in [0.1, 0.15) is 0 Å². The van der Waals surface area contributed by atoms with Crippen LogP contribution in [0.2, 0.25) is 0 Å². The minimum Gasteiger partial charge on any atom is -0.373 e. The molecule has 0 aliphatic carbocycles. The van der Waals surface area contributed by atoms with Crippen LogP contribution < -0.4 is 10.2 Å². The quantitative estimate of drug-likeness (QED) is 0.802. The molecule has 0 atom stereocenters. The van der Waals surface area contributed by atoms with Gasteiger partial charge in [0.2, 0.25) is 5.91 Å². The van der Waals surface area contributed by atoms with Crippen molar-refractivity contribution in [2.75, 3.05) is 25.0 Å². The summed E-state index contributed by atoms with van der Waals surface area (Å²) >= 11 is 0. The minimum atomic E-state index is 0.0526. The largest absolute Gasteiger partial charge is 0.373 e. The fourth-order valence-corrected chi connectivity index (χ4v) is 2.91. The molecule has 136 valence electrons. The molecule has 2 aromatic rings. The second-order valence-electron chi connectivity index (χ2n) is 7.01. The van der Waals surface area contributed by atoms with Gasteiger partial charge in [-0.05, 0) is 31.9 Å². The first-order valence-corrected chi connectivity index (χ1v) is 8.94. The SMILES string of the molecule is Cc1nn(CC(C)C)c(C)c1CC(=O)NCCN(C)c1ccccc1. The lowest BCUT2D eigenvalue weighted by atomic mass is 10.1. The molecule has 0 saturated carbocycles. The van der Waals surface area contributed by atoms with Crippen molar-refractivity contribution >= 4 is 11.6 Å². The highest BCUT2D eigenvalue weighted by Gasteiger charge is 2.15. The summed E-state index contributed by atoms with van der Waals surface area (Å²) in [6.07, 6.45) is 0.394. The van der Waals surface area contributed by atoms with Gasteiger partial charge in [-0.15, -0.1) is 0 Å². The smallest absolute Gasteiger partial charge is 0.224 e. The average Bonchev–Trinajstić information content (AvgIpc) is 2.82. The van der Waals surface area contributed by atoms with Gasteiger partial charge in [-0.25, -0.2) is 0 Å². The van der Waals surface area contributed by atoms with E-state index < -0.39 is 0 Å². The molecule has 0 bridgehead atoms. The lowest BCUT2D eigenvalue weighted by molar-refractivity contribution is -0.120. The number of hydrogen-bond acceptors (Lipinski definition) is 3. The highest BCUT2D eigenvalue weighted by atomic mass is 16.1. The summed E-state index contributed by atoms with van der Waals surface area (Å²) in [6.45, 7) is 10.7. The Morgan fingerprint density at radius 2 is 1.92 bits per heavy atom. The van der Waals surface area contributed by atoms with Gasteiger partial charge in [-0.1, -0.05) is 32.0 Å². The van der Waals surface area contributed by atoms with Crippen LogP contribution in [0, 0.1) is 19.8 Å². The van der Waals surface area contributed by atoms with E-state index in [-0.39, 0.29) is 5.91 Å². The lowest BCUT2D eigenvalue weighted by Crippen LogP contribution is -2.33. The predicted octanol–water partition coefficient (Wildman–Crippen LogP) is 2.95. The molecule has 0 spiro atoms. The fraction of sp³-hybridized carbons (Fsp3) is 0.500. The normalized spacial score (nSPS) is 11.0. The Hall–Kier alpha value is -2.30. The number of benzene rings is 1. The third-order valence-electron chi connectivity index (χ3n) is 4.37. The van der Waals surface area contributed by atoms with E-state index in [4.69, 9.17) is 0 Å². The molecule has 1 aromatic carbocycles. The Morgan fingerprint density at radius 3 is 2.56 bits per heavy atom. The Morgan fingerprint density at radius 1 is 1.24 bits per heavy atom. The summed E-state index contributed by atoms with van der Waals surface area (Å²) in [7, 11) is 2.03. The highest BCUT2D eigenvalue weighted by Crippen LogP contribution is 2.15. The number of para-hydroxylation sites is 1. The van der Waals surface area contributed by atoms with Gasteiger partial charge in [-0.2, -0.15) is 5.10 Å². The van der Waals surface area contributed by atoms with Crippen LogP contribution >= 0.6 is 0 Å². The van der Waals surface area contributed by atoms with Crippen molar-refractivity contribution in [2.45, 2.75) is 40.7 Å². The fourth-order valence-electron chi connectivity index (χ4n) is 2.91. The Kier molecular flexibility index (Phi) is 6.62. The highest BCUT2D eigenvalue weighted by molar-refractivity contribution is 5.79. The van der Waals surface area contributed by atoms with Gasteiger partial charge in [-0.3, -0.25) is 9.48 Å². The number of anilines is 1. The van der Waals surface area contributed by atoms with Crippen molar-refractivity contribution in [1.82, 2.24) is 15.1 Å². The number of likely N-dealkylation sites (N-methyl/N-ethyl adjacent to an activating group) is 1. The standard InChI is InChI=1S/C20H30N4O/c1-15(2)14-24-17(4)19(16(3)22-24)13-20(25)21-11-12-23(5)18-9-7-6-8-10-18/h6-10,15H,11-14H2,1-5H3,(H,21,25). The molecule has 0 fully saturated rings. The van der Waals surface area contributed by atoms with Crippen molar-refractivity contribution in [3.8, 4) is 0 Å². The summed E-state index contributed by atoms with van der Waals surface area (Å²) < 4.78 is 2.02. The lowest BCUT2D eigenvalue weighted by Gasteiger charge is -2.19. The zero-order valence-electron chi connectivity index (χ0n) is 16.0. The van der Waals surface area contributed by atoms with Crippen LogP contribution in [0.3, 0.4) is 0 Å². The zero-order valence-corrected chi connectivity index (χ0v) is 16.0. The van der Waals surface area contributed by atoms with Gasteiger partial charge in [0, 0.05) is 43.6 Å². The summed E-state index contributed by atoms with van der Waals surface area (Å²) in [5, 5.41) is 7.60. The molecule has 5 heteroatoms. The zero-order chi connectivity index (χ0) is 18.4. The van der Waals surface area contributed by atoms with E-state index in [9.17, 15) is 4.79 Å². The number of nitrogens with one attached hydrogen (secondary N) is 1. The number of aromatic nitrogens is 2. The molecule has 25 heavy (non-hydrogen) atoms. The first kappa shape index (κ1) is 19.0. The van der Waals surface area contributed by atoms with Crippen LogP contribution in [-0.4, -0.2) is 35.8 Å². The van der Waals surface area contributed by atoms with Crippen molar-refractivity contribution < 1.29 is 4.79 Å².